The second-order valence-electron chi connectivity index (χ2n) is 5.40. The lowest BCUT2D eigenvalue weighted by molar-refractivity contribution is 0.187. The number of halogens is 1. The van der Waals surface area contributed by atoms with Gasteiger partial charge in [-0.25, -0.2) is 0 Å². The molecule has 5 heteroatoms. The van der Waals surface area contributed by atoms with Gasteiger partial charge in [0.25, 0.3) is 0 Å². The smallest absolute Gasteiger partial charge is 0.179 e. The van der Waals surface area contributed by atoms with Crippen LogP contribution in [0, 0.1) is 0 Å². The van der Waals surface area contributed by atoms with Crippen molar-refractivity contribution < 1.29 is 9.47 Å². The van der Waals surface area contributed by atoms with Gasteiger partial charge < -0.3 is 14.8 Å². The first-order valence-corrected chi connectivity index (χ1v) is 7.94. The number of benzene rings is 1. The highest BCUT2D eigenvalue weighted by Gasteiger charge is 2.19. The van der Waals surface area contributed by atoms with E-state index >= 15 is 0 Å². The molecule has 4 nitrogen and oxygen atoms in total. The standard InChI is InChI=1S/C16H25ClN2O2/c1-4-21-15-9-12(8-14(17)16(15)20-3)10-19-7-5-6-13(11-19)18-2/h8-9,13,18H,4-7,10-11H2,1-3H3. The first-order valence-electron chi connectivity index (χ1n) is 7.56. The molecule has 2 rings (SSSR count). The largest absolute Gasteiger partial charge is 0.491 e. The molecule has 1 aromatic rings. The lowest BCUT2D eigenvalue weighted by Crippen LogP contribution is -2.43. The first-order chi connectivity index (χ1) is 10.2. The van der Waals surface area contributed by atoms with Gasteiger partial charge in [0.1, 0.15) is 0 Å². The molecule has 1 aliphatic rings. The fourth-order valence-corrected chi connectivity index (χ4v) is 3.18. The minimum atomic E-state index is 0.582. The molecule has 0 saturated carbocycles. The summed E-state index contributed by atoms with van der Waals surface area (Å²) in [6.07, 6.45) is 2.48. The zero-order valence-electron chi connectivity index (χ0n) is 13.1. The van der Waals surface area contributed by atoms with E-state index in [0.29, 0.717) is 23.4 Å². The van der Waals surface area contributed by atoms with Crippen LogP contribution in [0.15, 0.2) is 12.1 Å². The van der Waals surface area contributed by atoms with E-state index in [4.69, 9.17) is 21.1 Å². The number of methoxy groups -OCH3 is 1. The Morgan fingerprint density at radius 1 is 1.43 bits per heavy atom. The highest BCUT2D eigenvalue weighted by atomic mass is 35.5. The summed E-state index contributed by atoms with van der Waals surface area (Å²) >= 11 is 6.31. The highest BCUT2D eigenvalue weighted by Crippen LogP contribution is 2.36. The molecule has 1 unspecified atom stereocenters. The maximum Gasteiger partial charge on any atom is 0.179 e. The number of nitrogens with zero attached hydrogens (tertiary/aromatic N) is 1. The normalized spacial score (nSPS) is 19.5. The number of likely N-dealkylation sites (tertiary alicyclic amines) is 1. The lowest BCUT2D eigenvalue weighted by Gasteiger charge is -2.32. The van der Waals surface area contributed by atoms with E-state index in [9.17, 15) is 0 Å². The third kappa shape index (κ3) is 4.25. The maximum atomic E-state index is 6.31. The van der Waals surface area contributed by atoms with Crippen LogP contribution in [0.2, 0.25) is 5.02 Å². The van der Waals surface area contributed by atoms with Gasteiger partial charge in [0.15, 0.2) is 11.5 Å². The van der Waals surface area contributed by atoms with Crippen LogP contribution in [-0.2, 0) is 6.54 Å². The van der Waals surface area contributed by atoms with E-state index in [1.807, 2.05) is 26.1 Å². The SMILES string of the molecule is CCOc1cc(CN2CCCC(NC)C2)cc(Cl)c1OC. The first kappa shape index (κ1) is 16.4. The van der Waals surface area contributed by atoms with Crippen molar-refractivity contribution in [2.75, 3.05) is 33.9 Å². The van der Waals surface area contributed by atoms with Crippen LogP contribution in [0.4, 0.5) is 0 Å². The molecule has 118 valence electrons. The molecule has 1 aliphatic heterocycles. The van der Waals surface area contributed by atoms with Gasteiger partial charge in [-0.05, 0) is 51.1 Å². The number of hydrogen-bond donors (Lipinski definition) is 1. The van der Waals surface area contributed by atoms with Gasteiger partial charge in [-0.15, -0.1) is 0 Å². The molecule has 1 saturated heterocycles. The molecule has 0 spiro atoms. The van der Waals surface area contributed by atoms with Crippen molar-refractivity contribution in [1.82, 2.24) is 10.2 Å². The van der Waals surface area contributed by atoms with Gasteiger partial charge in [-0.2, -0.15) is 0 Å². The van der Waals surface area contributed by atoms with Crippen molar-refractivity contribution in [3.8, 4) is 11.5 Å². The zero-order valence-corrected chi connectivity index (χ0v) is 13.9. The average Bonchev–Trinajstić information content (AvgIpc) is 2.47. The Balaban J connectivity index is 2.12. The molecule has 0 amide bonds. The van der Waals surface area contributed by atoms with E-state index in [1.165, 1.54) is 18.4 Å². The molecular weight excluding hydrogens is 288 g/mol. The van der Waals surface area contributed by atoms with Crippen LogP contribution in [0.5, 0.6) is 11.5 Å². The Labute approximate surface area is 132 Å². The Bertz CT molecular complexity index is 468. The third-order valence-corrected chi connectivity index (χ3v) is 4.17. The third-order valence-electron chi connectivity index (χ3n) is 3.89. The minimum absolute atomic E-state index is 0.582. The quantitative estimate of drug-likeness (QED) is 0.875. The van der Waals surface area contributed by atoms with Crippen LogP contribution >= 0.6 is 11.6 Å². The summed E-state index contributed by atoms with van der Waals surface area (Å²) in [5.41, 5.74) is 1.17. The summed E-state index contributed by atoms with van der Waals surface area (Å²) in [6, 6.07) is 4.60. The van der Waals surface area contributed by atoms with E-state index in [-0.39, 0.29) is 0 Å². The number of hydrogen-bond acceptors (Lipinski definition) is 4. The predicted octanol–water partition coefficient (Wildman–Crippen LogP) is 2.93. The molecular formula is C16H25ClN2O2. The fraction of sp³-hybridized carbons (Fsp3) is 0.625. The van der Waals surface area contributed by atoms with E-state index in [0.717, 1.165) is 25.4 Å². The molecule has 0 radical (unpaired) electrons. The van der Waals surface area contributed by atoms with Crippen LogP contribution in [0.1, 0.15) is 25.3 Å². The predicted molar refractivity (Wildman–Crippen MR) is 86.5 cm³/mol. The van der Waals surface area contributed by atoms with E-state index in [2.05, 4.69) is 10.2 Å². The Kier molecular flexibility index (Phi) is 6.15. The lowest BCUT2D eigenvalue weighted by atomic mass is 10.0. The molecule has 1 heterocycles. The topological polar surface area (TPSA) is 33.7 Å². The Hall–Kier alpha value is -0.970. The van der Waals surface area contributed by atoms with E-state index in [1.54, 1.807) is 7.11 Å². The van der Waals surface area contributed by atoms with Crippen molar-refractivity contribution in [3.05, 3.63) is 22.7 Å². The summed E-state index contributed by atoms with van der Waals surface area (Å²) in [5.74, 6) is 1.35. The van der Waals surface area contributed by atoms with Gasteiger partial charge in [0.2, 0.25) is 0 Å². The van der Waals surface area contributed by atoms with Gasteiger partial charge in [-0.1, -0.05) is 11.6 Å². The molecule has 1 N–H and O–H groups in total. The van der Waals surface area contributed by atoms with Crippen molar-refractivity contribution in [3.63, 3.8) is 0 Å². The van der Waals surface area contributed by atoms with Crippen LogP contribution in [-0.4, -0.2) is 44.8 Å². The fourth-order valence-electron chi connectivity index (χ4n) is 2.87. The second-order valence-corrected chi connectivity index (χ2v) is 5.81. The maximum absolute atomic E-state index is 6.31. The summed E-state index contributed by atoms with van der Waals surface area (Å²) in [5, 5.41) is 3.98. The molecule has 1 atom stereocenters. The van der Waals surface area contributed by atoms with Gasteiger partial charge >= 0.3 is 0 Å². The molecule has 0 bridgehead atoms. The summed E-state index contributed by atoms with van der Waals surface area (Å²) in [6.45, 7) is 5.65. The number of rotatable bonds is 6. The number of piperidine rings is 1. The van der Waals surface area contributed by atoms with Crippen molar-refractivity contribution >= 4 is 11.6 Å². The molecule has 1 fully saturated rings. The second kappa shape index (κ2) is 7.87. The van der Waals surface area contributed by atoms with Gasteiger partial charge in [0.05, 0.1) is 18.7 Å². The number of ether oxygens (including phenoxy) is 2. The zero-order chi connectivity index (χ0) is 15.2. The van der Waals surface area contributed by atoms with Crippen LogP contribution in [0.25, 0.3) is 0 Å². The number of likely N-dealkylation sites (N-methyl/N-ethyl adjacent to an activating group) is 1. The van der Waals surface area contributed by atoms with Gasteiger partial charge in [0, 0.05) is 19.1 Å². The molecule has 0 aromatic heterocycles. The molecule has 0 aliphatic carbocycles. The summed E-state index contributed by atoms with van der Waals surface area (Å²) in [4.78, 5) is 2.46. The van der Waals surface area contributed by atoms with Crippen molar-refractivity contribution in [1.29, 1.82) is 0 Å². The molecule has 21 heavy (non-hydrogen) atoms. The average molecular weight is 313 g/mol. The monoisotopic (exact) mass is 312 g/mol. The van der Waals surface area contributed by atoms with Crippen molar-refractivity contribution in [2.24, 2.45) is 0 Å². The highest BCUT2D eigenvalue weighted by molar-refractivity contribution is 6.32. The van der Waals surface area contributed by atoms with Crippen LogP contribution in [0.3, 0.4) is 0 Å². The summed E-state index contributed by atoms with van der Waals surface area (Å²) in [7, 11) is 3.65. The number of nitrogens with one attached hydrogen (secondary N) is 1. The van der Waals surface area contributed by atoms with Crippen molar-refractivity contribution in [2.45, 2.75) is 32.4 Å². The molecule has 1 aromatic carbocycles. The Morgan fingerprint density at radius 3 is 2.90 bits per heavy atom. The minimum Gasteiger partial charge on any atom is -0.491 e. The summed E-state index contributed by atoms with van der Waals surface area (Å²) < 4.78 is 11.0. The van der Waals surface area contributed by atoms with Crippen LogP contribution < -0.4 is 14.8 Å². The van der Waals surface area contributed by atoms with E-state index < -0.39 is 0 Å². The van der Waals surface area contributed by atoms with Gasteiger partial charge in [-0.3, -0.25) is 4.90 Å². The Morgan fingerprint density at radius 2 is 2.24 bits per heavy atom.